The van der Waals surface area contributed by atoms with Gasteiger partial charge in [0.2, 0.25) is 0 Å². The molecule has 5 heterocycles. The topological polar surface area (TPSA) is 65.0 Å². The molecule has 0 radical (unpaired) electrons. The molecule has 50 heavy (non-hydrogen) atoms. The Bertz CT molecular complexity index is 2640. The molecule has 0 saturated carbocycles. The lowest BCUT2D eigenvalue weighted by Crippen LogP contribution is -2.24. The van der Waals surface area contributed by atoms with E-state index in [0.717, 1.165) is 73.2 Å². The van der Waals surface area contributed by atoms with Gasteiger partial charge in [-0.15, -0.1) is 0 Å². The Hall–Kier alpha value is -6.66. The van der Waals surface area contributed by atoms with Crippen LogP contribution in [0.1, 0.15) is 11.5 Å². The number of hydrogen-bond acceptors (Lipinski definition) is 6. The molecular weight excluding hydrogens is 622 g/mol. The van der Waals surface area contributed by atoms with E-state index in [1.165, 1.54) is 21.7 Å². The van der Waals surface area contributed by atoms with Crippen molar-refractivity contribution >= 4 is 55.3 Å². The Morgan fingerprint density at radius 2 is 1.06 bits per heavy atom. The second kappa shape index (κ2) is 10.4. The first kappa shape index (κ1) is 27.3. The van der Waals surface area contributed by atoms with Crippen LogP contribution in [0.15, 0.2) is 175 Å². The normalized spacial score (nSPS) is 16.6. The molecule has 9 aromatic rings. The van der Waals surface area contributed by atoms with Gasteiger partial charge in [-0.05, 0) is 76.8 Å². The average Bonchev–Trinajstić information content (AvgIpc) is 3.99. The smallest absolute Gasteiger partial charge is 0.173 e. The van der Waals surface area contributed by atoms with E-state index >= 15 is 0 Å². The maximum absolute atomic E-state index is 6.88. The number of nitrogens with zero attached hydrogens (tertiary/aromatic N) is 1. The van der Waals surface area contributed by atoms with E-state index in [0.29, 0.717) is 0 Å². The fraction of sp³-hybridized carbons (Fsp3) is 0.0455. The van der Waals surface area contributed by atoms with Crippen molar-refractivity contribution in [3.8, 4) is 28.4 Å². The average molecular weight is 650 g/mol. The van der Waals surface area contributed by atoms with E-state index in [2.05, 4.69) is 120 Å². The predicted molar refractivity (Wildman–Crippen MR) is 196 cm³/mol. The third-order valence-corrected chi connectivity index (χ3v) is 10.0. The number of anilines is 2. The molecule has 0 N–H and O–H groups in total. The highest BCUT2D eigenvalue weighted by Gasteiger charge is 2.37. The van der Waals surface area contributed by atoms with Crippen molar-refractivity contribution in [1.29, 1.82) is 0 Å². The highest BCUT2D eigenvalue weighted by atomic mass is 16.5. The first-order chi connectivity index (χ1) is 24.7. The zero-order valence-electron chi connectivity index (χ0n) is 26.6. The van der Waals surface area contributed by atoms with Crippen molar-refractivity contribution in [3.63, 3.8) is 0 Å². The SMILES string of the molecule is C1=CC2c3c(c4ccccc4c4ccccc34)OC2C=C1N(c1ccc(-c2cc3occc3o2)cc1)c1ccc(-c2cc3occc3o2)cc1. The van der Waals surface area contributed by atoms with Crippen molar-refractivity contribution in [1.82, 2.24) is 0 Å². The number of allylic oxidation sites excluding steroid dienone is 1. The molecule has 0 spiro atoms. The minimum Gasteiger partial charge on any atom is -0.484 e. The van der Waals surface area contributed by atoms with E-state index in [1.807, 2.05) is 24.3 Å². The van der Waals surface area contributed by atoms with Gasteiger partial charge < -0.3 is 27.3 Å². The lowest BCUT2D eigenvalue weighted by molar-refractivity contribution is 0.270. The Labute approximate surface area is 285 Å². The molecule has 0 amide bonds. The van der Waals surface area contributed by atoms with Gasteiger partial charge in [0.25, 0.3) is 0 Å². The third kappa shape index (κ3) is 4.08. The van der Waals surface area contributed by atoms with Crippen LogP contribution in [0.3, 0.4) is 0 Å². The van der Waals surface area contributed by atoms with Gasteiger partial charge in [0.1, 0.15) is 23.4 Å². The third-order valence-electron chi connectivity index (χ3n) is 10.0. The van der Waals surface area contributed by atoms with Crippen molar-refractivity contribution in [3.05, 3.63) is 163 Å². The van der Waals surface area contributed by atoms with Crippen LogP contribution in [0.25, 0.3) is 66.5 Å². The summed E-state index contributed by atoms with van der Waals surface area (Å²) in [6.07, 6.45) is 9.92. The molecule has 0 bridgehead atoms. The molecule has 11 rings (SSSR count). The second-order valence-electron chi connectivity index (χ2n) is 12.8. The van der Waals surface area contributed by atoms with E-state index in [-0.39, 0.29) is 12.0 Å². The number of fused-ring (bicyclic) bond motifs is 10. The van der Waals surface area contributed by atoms with E-state index in [4.69, 9.17) is 22.4 Å². The van der Waals surface area contributed by atoms with Crippen molar-refractivity contribution in [2.24, 2.45) is 0 Å². The highest BCUT2D eigenvalue weighted by molar-refractivity contribution is 6.13. The van der Waals surface area contributed by atoms with Crippen LogP contribution in [0.2, 0.25) is 0 Å². The molecule has 1 aliphatic heterocycles. The molecule has 2 unspecified atom stereocenters. The minimum atomic E-state index is -0.155. The largest absolute Gasteiger partial charge is 0.484 e. The van der Waals surface area contributed by atoms with Crippen LogP contribution in [0, 0.1) is 0 Å². The van der Waals surface area contributed by atoms with E-state index < -0.39 is 0 Å². The molecule has 2 aliphatic rings. The Morgan fingerprint density at radius 1 is 0.520 bits per heavy atom. The van der Waals surface area contributed by atoms with E-state index in [9.17, 15) is 0 Å². The fourth-order valence-corrected chi connectivity index (χ4v) is 7.70. The summed E-state index contributed by atoms with van der Waals surface area (Å²) in [5.41, 5.74) is 9.18. The van der Waals surface area contributed by atoms with Gasteiger partial charge in [0.15, 0.2) is 22.3 Å². The van der Waals surface area contributed by atoms with Crippen LogP contribution in [-0.2, 0) is 0 Å². The zero-order chi connectivity index (χ0) is 32.8. The van der Waals surface area contributed by atoms with Crippen LogP contribution >= 0.6 is 0 Å². The van der Waals surface area contributed by atoms with Gasteiger partial charge in [-0.25, -0.2) is 0 Å². The first-order valence-electron chi connectivity index (χ1n) is 16.7. The zero-order valence-corrected chi connectivity index (χ0v) is 26.6. The minimum absolute atomic E-state index is 0.101. The number of furan rings is 4. The quantitative estimate of drug-likeness (QED) is 0.173. The van der Waals surface area contributed by atoms with Gasteiger partial charge in [-0.1, -0.05) is 54.6 Å². The molecule has 6 heteroatoms. The van der Waals surface area contributed by atoms with Crippen LogP contribution in [0.5, 0.6) is 5.75 Å². The van der Waals surface area contributed by atoms with Crippen molar-refractivity contribution in [2.75, 3.05) is 4.90 Å². The van der Waals surface area contributed by atoms with Gasteiger partial charge in [-0.2, -0.15) is 0 Å². The molecule has 0 fully saturated rings. The number of ether oxygens (including phenoxy) is 1. The number of rotatable bonds is 5. The Morgan fingerprint density at radius 3 is 1.64 bits per heavy atom. The summed E-state index contributed by atoms with van der Waals surface area (Å²) in [4.78, 5) is 2.27. The molecule has 4 aromatic heterocycles. The lowest BCUT2D eigenvalue weighted by atomic mass is 9.85. The predicted octanol–water partition coefficient (Wildman–Crippen LogP) is 12.1. The summed E-state index contributed by atoms with van der Waals surface area (Å²) < 4.78 is 30.0. The second-order valence-corrected chi connectivity index (χ2v) is 12.8. The Balaban J connectivity index is 1.00. The van der Waals surface area contributed by atoms with Gasteiger partial charge in [0, 0.05) is 69.3 Å². The van der Waals surface area contributed by atoms with Crippen molar-refractivity contribution in [2.45, 2.75) is 12.0 Å². The van der Waals surface area contributed by atoms with Crippen LogP contribution in [-0.4, -0.2) is 6.10 Å². The van der Waals surface area contributed by atoms with Crippen LogP contribution in [0.4, 0.5) is 11.4 Å². The van der Waals surface area contributed by atoms with Gasteiger partial charge >= 0.3 is 0 Å². The number of hydrogen-bond donors (Lipinski definition) is 0. The Kier molecular flexibility index (Phi) is 5.69. The monoisotopic (exact) mass is 649 g/mol. The summed E-state index contributed by atoms with van der Waals surface area (Å²) in [7, 11) is 0. The van der Waals surface area contributed by atoms with Crippen LogP contribution < -0.4 is 9.64 Å². The fourth-order valence-electron chi connectivity index (χ4n) is 7.70. The van der Waals surface area contributed by atoms with E-state index in [1.54, 1.807) is 12.5 Å². The molecule has 2 atom stereocenters. The molecule has 238 valence electrons. The molecule has 5 aromatic carbocycles. The summed E-state index contributed by atoms with van der Waals surface area (Å²) in [5, 5.41) is 4.86. The van der Waals surface area contributed by atoms with Gasteiger partial charge in [-0.3, -0.25) is 0 Å². The number of benzene rings is 5. The molecule has 6 nitrogen and oxygen atoms in total. The highest BCUT2D eigenvalue weighted by Crippen LogP contribution is 2.51. The first-order valence-corrected chi connectivity index (χ1v) is 16.7. The standard InChI is InChI=1S/C44H27NO5/c1-3-7-33-31(5-1)32-6-2-4-8-34(32)44-43(33)35-18-17-30(23-40(35)50-44)45(28-13-9-26(10-14-28)38-24-41-36(48-38)19-21-46-41)29-15-11-27(12-16-29)39-25-42-37(49-39)20-22-47-42/h1-25,35,40H. The summed E-state index contributed by atoms with van der Waals surface area (Å²) in [5.74, 6) is 2.61. The molecule has 0 saturated heterocycles. The summed E-state index contributed by atoms with van der Waals surface area (Å²) >= 11 is 0. The molecule has 1 aliphatic carbocycles. The maximum atomic E-state index is 6.88. The van der Waals surface area contributed by atoms with Gasteiger partial charge in [0.05, 0.1) is 12.5 Å². The van der Waals surface area contributed by atoms with Crippen molar-refractivity contribution < 1.29 is 22.4 Å². The summed E-state index contributed by atoms with van der Waals surface area (Å²) in [6, 6.07) is 41.6. The lowest BCUT2D eigenvalue weighted by Gasteiger charge is -2.30. The summed E-state index contributed by atoms with van der Waals surface area (Å²) in [6.45, 7) is 0. The molecular formula is C44H27NO5. The maximum Gasteiger partial charge on any atom is 0.173 e.